The van der Waals surface area contributed by atoms with Gasteiger partial charge >= 0.3 is 0 Å². The van der Waals surface area contributed by atoms with Crippen LogP contribution in [0.2, 0.25) is 0 Å². The van der Waals surface area contributed by atoms with Crippen molar-refractivity contribution in [3.05, 3.63) is 59.2 Å². The van der Waals surface area contributed by atoms with Crippen molar-refractivity contribution in [1.82, 2.24) is 9.80 Å². The van der Waals surface area contributed by atoms with Gasteiger partial charge in [-0.3, -0.25) is 9.69 Å². The molecule has 2 aromatic carbocycles. The van der Waals surface area contributed by atoms with Crippen molar-refractivity contribution < 1.29 is 14.3 Å². The van der Waals surface area contributed by atoms with Gasteiger partial charge in [-0.05, 0) is 61.3 Å². The van der Waals surface area contributed by atoms with Gasteiger partial charge in [0.15, 0.2) is 11.5 Å². The average molecular weight is 383 g/mol. The van der Waals surface area contributed by atoms with Crippen LogP contribution < -0.4 is 9.47 Å². The summed E-state index contributed by atoms with van der Waals surface area (Å²) >= 11 is 0. The van der Waals surface area contributed by atoms with Crippen LogP contribution in [-0.4, -0.2) is 50.1 Å². The second kappa shape index (κ2) is 9.60. The summed E-state index contributed by atoms with van der Waals surface area (Å²) in [7, 11) is 5.05. The van der Waals surface area contributed by atoms with Crippen molar-refractivity contribution in [1.29, 1.82) is 0 Å². The van der Waals surface area contributed by atoms with E-state index in [0.717, 1.165) is 12.1 Å². The fraction of sp³-hybridized carbons (Fsp3) is 0.435. The molecule has 1 heterocycles. The zero-order valence-electron chi connectivity index (χ0n) is 17.1. The molecule has 0 unspecified atom stereocenters. The Morgan fingerprint density at radius 3 is 2.21 bits per heavy atom. The maximum Gasteiger partial charge on any atom is 0.253 e. The van der Waals surface area contributed by atoms with Crippen LogP contribution in [0.15, 0.2) is 42.5 Å². The fourth-order valence-electron chi connectivity index (χ4n) is 3.67. The maximum absolute atomic E-state index is 12.8. The molecule has 1 aliphatic heterocycles. The van der Waals surface area contributed by atoms with Gasteiger partial charge in [0, 0.05) is 25.7 Å². The zero-order chi connectivity index (χ0) is 19.9. The van der Waals surface area contributed by atoms with Crippen LogP contribution in [0.1, 0.15) is 40.7 Å². The number of rotatable bonds is 7. The topological polar surface area (TPSA) is 42.0 Å². The second-order valence-electron chi connectivity index (χ2n) is 7.38. The number of ether oxygens (including phenoxy) is 2. The van der Waals surface area contributed by atoms with Gasteiger partial charge in [0.05, 0.1) is 14.2 Å². The standard InChI is InChI=1S/C23H30N2O3/c1-24(16-19-9-12-21(27-2)22(15-19)28-3)23(26)20-10-7-18(8-11-20)17-25-13-5-4-6-14-25/h7-12,15H,4-6,13-14,16-17H2,1-3H3. The molecule has 0 saturated carbocycles. The summed E-state index contributed by atoms with van der Waals surface area (Å²) in [5.74, 6) is 1.37. The molecule has 1 aliphatic rings. The Kier molecular flexibility index (Phi) is 6.93. The molecular weight excluding hydrogens is 352 g/mol. The number of benzene rings is 2. The van der Waals surface area contributed by atoms with E-state index < -0.39 is 0 Å². The Labute approximate surface area is 167 Å². The van der Waals surface area contributed by atoms with Crippen LogP contribution in [0.4, 0.5) is 0 Å². The molecule has 0 atom stereocenters. The lowest BCUT2D eigenvalue weighted by Crippen LogP contribution is -2.29. The molecule has 0 bridgehead atoms. The molecule has 0 aromatic heterocycles. The van der Waals surface area contributed by atoms with Crippen LogP contribution in [0.3, 0.4) is 0 Å². The average Bonchev–Trinajstić information content (AvgIpc) is 2.74. The first kappa shape index (κ1) is 20.2. The molecule has 5 nitrogen and oxygen atoms in total. The van der Waals surface area contributed by atoms with Crippen molar-refractivity contribution in [2.24, 2.45) is 0 Å². The van der Waals surface area contributed by atoms with E-state index in [0.29, 0.717) is 23.6 Å². The van der Waals surface area contributed by atoms with E-state index in [4.69, 9.17) is 9.47 Å². The Bertz CT molecular complexity index is 783. The second-order valence-corrected chi connectivity index (χ2v) is 7.38. The Balaban J connectivity index is 1.61. The van der Waals surface area contributed by atoms with E-state index in [-0.39, 0.29) is 5.91 Å². The van der Waals surface area contributed by atoms with Gasteiger partial charge in [-0.25, -0.2) is 0 Å². The summed E-state index contributed by atoms with van der Waals surface area (Å²) < 4.78 is 10.6. The number of carbonyl (C=O) groups excluding carboxylic acids is 1. The third-order valence-corrected chi connectivity index (χ3v) is 5.27. The summed E-state index contributed by atoms with van der Waals surface area (Å²) in [6.45, 7) is 3.83. The van der Waals surface area contributed by atoms with Crippen molar-refractivity contribution >= 4 is 5.91 Å². The minimum atomic E-state index is 0.0132. The molecule has 1 fully saturated rings. The van der Waals surface area contributed by atoms with Crippen LogP contribution in [0.5, 0.6) is 11.5 Å². The third-order valence-electron chi connectivity index (χ3n) is 5.27. The number of methoxy groups -OCH3 is 2. The number of amides is 1. The van der Waals surface area contributed by atoms with Crippen LogP contribution in [0.25, 0.3) is 0 Å². The van der Waals surface area contributed by atoms with Crippen molar-refractivity contribution in [3.63, 3.8) is 0 Å². The fourth-order valence-corrected chi connectivity index (χ4v) is 3.67. The van der Waals surface area contributed by atoms with Crippen LogP contribution >= 0.6 is 0 Å². The highest BCUT2D eigenvalue weighted by Crippen LogP contribution is 2.28. The van der Waals surface area contributed by atoms with Crippen molar-refractivity contribution in [2.75, 3.05) is 34.4 Å². The summed E-state index contributed by atoms with van der Waals surface area (Å²) in [6, 6.07) is 13.7. The van der Waals surface area contributed by atoms with E-state index >= 15 is 0 Å². The molecule has 5 heteroatoms. The Hall–Kier alpha value is -2.53. The van der Waals surface area contributed by atoms with E-state index in [1.165, 1.54) is 37.9 Å². The lowest BCUT2D eigenvalue weighted by molar-refractivity contribution is 0.0785. The predicted molar refractivity (Wildman–Crippen MR) is 111 cm³/mol. The monoisotopic (exact) mass is 382 g/mol. The number of carbonyl (C=O) groups is 1. The van der Waals surface area contributed by atoms with Gasteiger partial charge < -0.3 is 14.4 Å². The minimum Gasteiger partial charge on any atom is -0.493 e. The molecule has 2 aromatic rings. The van der Waals surface area contributed by atoms with Gasteiger partial charge in [-0.15, -0.1) is 0 Å². The first-order valence-corrected chi connectivity index (χ1v) is 9.88. The smallest absolute Gasteiger partial charge is 0.253 e. The highest BCUT2D eigenvalue weighted by molar-refractivity contribution is 5.94. The molecule has 1 amide bonds. The van der Waals surface area contributed by atoms with Crippen molar-refractivity contribution in [2.45, 2.75) is 32.4 Å². The lowest BCUT2D eigenvalue weighted by atomic mass is 10.1. The van der Waals surface area contributed by atoms with Gasteiger partial charge in [0.2, 0.25) is 0 Å². The summed E-state index contributed by atoms with van der Waals surface area (Å²) in [5.41, 5.74) is 2.97. The maximum atomic E-state index is 12.8. The first-order valence-electron chi connectivity index (χ1n) is 9.88. The number of hydrogen-bond acceptors (Lipinski definition) is 4. The molecule has 0 radical (unpaired) electrons. The lowest BCUT2D eigenvalue weighted by Gasteiger charge is -2.26. The molecule has 28 heavy (non-hydrogen) atoms. The molecule has 3 rings (SSSR count). The van der Waals surface area contributed by atoms with Gasteiger partial charge in [0.1, 0.15) is 0 Å². The Morgan fingerprint density at radius 1 is 0.929 bits per heavy atom. The van der Waals surface area contributed by atoms with E-state index in [9.17, 15) is 4.79 Å². The van der Waals surface area contributed by atoms with Crippen LogP contribution in [0, 0.1) is 0 Å². The van der Waals surface area contributed by atoms with E-state index in [2.05, 4.69) is 17.0 Å². The summed E-state index contributed by atoms with van der Waals surface area (Å²) in [5, 5.41) is 0. The Morgan fingerprint density at radius 2 is 1.57 bits per heavy atom. The number of hydrogen-bond donors (Lipinski definition) is 0. The van der Waals surface area contributed by atoms with Gasteiger partial charge in [0.25, 0.3) is 5.91 Å². The van der Waals surface area contributed by atoms with Crippen LogP contribution in [-0.2, 0) is 13.1 Å². The molecule has 0 N–H and O–H groups in total. The summed E-state index contributed by atoms with van der Waals surface area (Å²) in [6.07, 6.45) is 3.92. The third kappa shape index (κ3) is 5.04. The first-order chi connectivity index (χ1) is 13.6. The molecule has 1 saturated heterocycles. The highest BCUT2D eigenvalue weighted by atomic mass is 16.5. The normalized spacial score (nSPS) is 14.5. The van der Waals surface area contributed by atoms with E-state index in [1.54, 1.807) is 19.1 Å². The zero-order valence-corrected chi connectivity index (χ0v) is 17.1. The van der Waals surface area contributed by atoms with E-state index in [1.807, 2.05) is 37.4 Å². The molecule has 150 valence electrons. The van der Waals surface area contributed by atoms with Crippen molar-refractivity contribution in [3.8, 4) is 11.5 Å². The molecule has 0 spiro atoms. The molecular formula is C23H30N2O3. The van der Waals surface area contributed by atoms with Gasteiger partial charge in [-0.2, -0.15) is 0 Å². The molecule has 0 aliphatic carbocycles. The number of piperidine rings is 1. The summed E-state index contributed by atoms with van der Waals surface area (Å²) in [4.78, 5) is 17.0. The number of likely N-dealkylation sites (tertiary alicyclic amines) is 1. The quantitative estimate of drug-likeness (QED) is 0.727. The minimum absolute atomic E-state index is 0.0132. The number of nitrogens with zero attached hydrogens (tertiary/aromatic N) is 2. The predicted octanol–water partition coefficient (Wildman–Crippen LogP) is 3.96. The SMILES string of the molecule is COc1ccc(CN(C)C(=O)c2ccc(CN3CCCCC3)cc2)cc1OC. The van der Waals surface area contributed by atoms with Gasteiger partial charge in [-0.1, -0.05) is 24.6 Å². The highest BCUT2D eigenvalue weighted by Gasteiger charge is 2.15. The largest absolute Gasteiger partial charge is 0.493 e.